The van der Waals surface area contributed by atoms with E-state index < -0.39 is 0 Å². The van der Waals surface area contributed by atoms with Gasteiger partial charge in [0, 0.05) is 22.6 Å². The van der Waals surface area contributed by atoms with Gasteiger partial charge in [-0.3, -0.25) is 0 Å². The highest BCUT2D eigenvalue weighted by atomic mass is 79.9. The number of ether oxygens (including phenoxy) is 1. The van der Waals surface area contributed by atoms with E-state index in [-0.39, 0.29) is 0 Å². The van der Waals surface area contributed by atoms with E-state index in [1.165, 1.54) is 0 Å². The molecule has 0 fully saturated rings. The largest absolute Gasteiger partial charge is 0.455 e. The third kappa shape index (κ3) is 4.51. The van der Waals surface area contributed by atoms with Crippen molar-refractivity contribution in [3.8, 4) is 11.5 Å². The van der Waals surface area contributed by atoms with Crippen LogP contribution in [0.4, 0.5) is 0 Å². The fourth-order valence-electron chi connectivity index (χ4n) is 1.73. The van der Waals surface area contributed by atoms with Gasteiger partial charge in [-0.2, -0.15) is 0 Å². The summed E-state index contributed by atoms with van der Waals surface area (Å²) in [4.78, 5) is 0. The van der Waals surface area contributed by atoms with Crippen LogP contribution < -0.4 is 10.1 Å². The summed E-state index contributed by atoms with van der Waals surface area (Å²) in [6.07, 6.45) is 0. The van der Waals surface area contributed by atoms with E-state index in [0.717, 1.165) is 16.6 Å². The zero-order valence-corrected chi connectivity index (χ0v) is 15.1. The summed E-state index contributed by atoms with van der Waals surface area (Å²) in [5.41, 5.74) is 1.03. The van der Waals surface area contributed by atoms with Gasteiger partial charge in [-0.1, -0.05) is 63.7 Å². The minimum absolute atomic E-state index is 0.399. The summed E-state index contributed by atoms with van der Waals surface area (Å²) in [6.45, 7) is 3.64. The van der Waals surface area contributed by atoms with E-state index in [2.05, 4.69) is 28.2 Å². The quantitative estimate of drug-likeness (QED) is 0.584. The predicted octanol–water partition coefficient (Wildman–Crippen LogP) is 6.31. The molecule has 0 atom stereocenters. The molecule has 2 rings (SSSR count). The van der Waals surface area contributed by atoms with Crippen LogP contribution >= 0.6 is 50.7 Å². The van der Waals surface area contributed by atoms with Gasteiger partial charge in [0.15, 0.2) is 0 Å². The van der Waals surface area contributed by atoms with Crippen LogP contribution in [0, 0.1) is 0 Å². The number of hydrogen-bond donors (Lipinski definition) is 1. The Labute approximate surface area is 147 Å². The molecule has 0 aliphatic carbocycles. The molecule has 0 aliphatic heterocycles. The summed E-state index contributed by atoms with van der Waals surface area (Å²) in [7, 11) is 0. The summed E-state index contributed by atoms with van der Waals surface area (Å²) >= 11 is 21.5. The zero-order chi connectivity index (χ0) is 15.4. The minimum Gasteiger partial charge on any atom is -0.455 e. The average molecular weight is 410 g/mol. The van der Waals surface area contributed by atoms with E-state index >= 15 is 0 Å². The fourth-order valence-corrected chi connectivity index (χ4v) is 2.65. The van der Waals surface area contributed by atoms with Gasteiger partial charge in [0.1, 0.15) is 11.5 Å². The molecule has 0 amide bonds. The van der Waals surface area contributed by atoms with Crippen molar-refractivity contribution < 1.29 is 4.74 Å². The lowest BCUT2D eigenvalue weighted by Gasteiger charge is -2.14. The highest BCUT2D eigenvalue weighted by Gasteiger charge is 2.11. The fraction of sp³-hybridized carbons (Fsp3) is 0.200. The van der Waals surface area contributed by atoms with Gasteiger partial charge >= 0.3 is 0 Å². The van der Waals surface area contributed by atoms with E-state index in [1.807, 2.05) is 18.2 Å². The summed E-state index contributed by atoms with van der Waals surface area (Å²) in [6, 6.07) is 9.04. The van der Waals surface area contributed by atoms with Crippen molar-refractivity contribution in [2.75, 3.05) is 6.54 Å². The molecule has 0 unspecified atom stereocenters. The highest BCUT2D eigenvalue weighted by Crippen LogP contribution is 2.37. The molecule has 112 valence electrons. The SMILES string of the molecule is CCNCc1ccc(Br)cc1Oc1cc(Cl)c(Cl)cc1Cl. The van der Waals surface area contributed by atoms with Crippen molar-refractivity contribution in [2.24, 2.45) is 0 Å². The lowest BCUT2D eigenvalue weighted by molar-refractivity contribution is 0.473. The second kappa shape index (κ2) is 7.70. The summed E-state index contributed by atoms with van der Waals surface area (Å²) in [5.74, 6) is 1.19. The third-order valence-electron chi connectivity index (χ3n) is 2.79. The first kappa shape index (κ1) is 16.9. The summed E-state index contributed by atoms with van der Waals surface area (Å²) < 4.78 is 6.83. The molecule has 0 aliphatic rings. The molecule has 0 heterocycles. The average Bonchev–Trinajstić information content (AvgIpc) is 2.44. The minimum atomic E-state index is 0.399. The molecule has 0 saturated carbocycles. The molecule has 6 heteroatoms. The van der Waals surface area contributed by atoms with Gasteiger partial charge in [0.2, 0.25) is 0 Å². The monoisotopic (exact) mass is 407 g/mol. The molecule has 2 aromatic rings. The Morgan fingerprint density at radius 2 is 1.71 bits per heavy atom. The number of hydrogen-bond acceptors (Lipinski definition) is 2. The standard InChI is InChI=1S/C15H13BrCl3NO/c1-2-20-8-9-3-4-10(16)5-14(9)21-15-7-12(18)11(17)6-13(15)19/h3-7,20H,2,8H2,1H3. The van der Waals surface area contributed by atoms with Crippen molar-refractivity contribution in [1.82, 2.24) is 5.32 Å². The smallest absolute Gasteiger partial charge is 0.147 e. The van der Waals surface area contributed by atoms with E-state index in [0.29, 0.717) is 33.1 Å². The summed E-state index contributed by atoms with van der Waals surface area (Å²) in [5, 5.41) is 4.49. The van der Waals surface area contributed by atoms with Crippen LogP contribution in [-0.4, -0.2) is 6.54 Å². The van der Waals surface area contributed by atoms with Crippen LogP contribution in [0.3, 0.4) is 0 Å². The first-order valence-corrected chi connectivity index (χ1v) is 8.25. The first-order valence-electron chi connectivity index (χ1n) is 6.32. The molecule has 2 aromatic carbocycles. The molecule has 0 saturated heterocycles. The van der Waals surface area contributed by atoms with Gasteiger partial charge in [-0.25, -0.2) is 0 Å². The Morgan fingerprint density at radius 3 is 2.43 bits per heavy atom. The second-order valence-corrected chi connectivity index (χ2v) is 6.47. The Morgan fingerprint density at radius 1 is 1.00 bits per heavy atom. The Balaban J connectivity index is 2.34. The van der Waals surface area contributed by atoms with E-state index in [1.54, 1.807) is 12.1 Å². The third-order valence-corrected chi connectivity index (χ3v) is 4.30. The topological polar surface area (TPSA) is 21.3 Å². The molecule has 0 bridgehead atoms. The Bertz CT molecular complexity index is 649. The van der Waals surface area contributed by atoms with Gasteiger partial charge in [-0.05, 0) is 24.7 Å². The number of nitrogens with one attached hydrogen (secondary N) is 1. The van der Waals surface area contributed by atoms with Crippen LogP contribution in [0.15, 0.2) is 34.8 Å². The van der Waals surface area contributed by atoms with Crippen LogP contribution in [0.2, 0.25) is 15.1 Å². The molecule has 1 N–H and O–H groups in total. The van der Waals surface area contributed by atoms with Crippen LogP contribution in [-0.2, 0) is 6.54 Å². The van der Waals surface area contributed by atoms with Crippen molar-refractivity contribution in [3.63, 3.8) is 0 Å². The lowest BCUT2D eigenvalue weighted by atomic mass is 10.2. The van der Waals surface area contributed by atoms with Crippen LogP contribution in [0.1, 0.15) is 12.5 Å². The molecule has 0 radical (unpaired) electrons. The Kier molecular flexibility index (Phi) is 6.20. The second-order valence-electron chi connectivity index (χ2n) is 4.33. The lowest BCUT2D eigenvalue weighted by Crippen LogP contribution is -2.12. The van der Waals surface area contributed by atoms with Crippen molar-refractivity contribution >= 4 is 50.7 Å². The van der Waals surface area contributed by atoms with Gasteiger partial charge in [-0.15, -0.1) is 0 Å². The van der Waals surface area contributed by atoms with Crippen molar-refractivity contribution in [3.05, 3.63) is 55.4 Å². The van der Waals surface area contributed by atoms with E-state index in [9.17, 15) is 0 Å². The Hall–Kier alpha value is -0.450. The van der Waals surface area contributed by atoms with Crippen LogP contribution in [0.5, 0.6) is 11.5 Å². The number of benzene rings is 2. The zero-order valence-electron chi connectivity index (χ0n) is 11.2. The predicted molar refractivity (Wildman–Crippen MR) is 93.1 cm³/mol. The first-order chi connectivity index (χ1) is 10.0. The molecular formula is C15H13BrCl3NO. The van der Waals surface area contributed by atoms with Gasteiger partial charge in [0.05, 0.1) is 15.1 Å². The molecule has 0 aromatic heterocycles. The van der Waals surface area contributed by atoms with Crippen LogP contribution in [0.25, 0.3) is 0 Å². The highest BCUT2D eigenvalue weighted by molar-refractivity contribution is 9.10. The molecule has 2 nitrogen and oxygen atoms in total. The molecule has 0 spiro atoms. The van der Waals surface area contributed by atoms with Gasteiger partial charge < -0.3 is 10.1 Å². The number of rotatable bonds is 5. The molecule has 21 heavy (non-hydrogen) atoms. The maximum absolute atomic E-state index is 6.15. The normalized spacial score (nSPS) is 10.7. The van der Waals surface area contributed by atoms with E-state index in [4.69, 9.17) is 39.5 Å². The number of halogens is 4. The van der Waals surface area contributed by atoms with Gasteiger partial charge in [0.25, 0.3) is 0 Å². The molecular weight excluding hydrogens is 396 g/mol. The maximum atomic E-state index is 6.15. The van der Waals surface area contributed by atoms with Crippen molar-refractivity contribution in [1.29, 1.82) is 0 Å². The maximum Gasteiger partial charge on any atom is 0.147 e. The van der Waals surface area contributed by atoms with Crippen molar-refractivity contribution in [2.45, 2.75) is 13.5 Å².